The summed E-state index contributed by atoms with van der Waals surface area (Å²) in [7, 11) is 0. The third kappa shape index (κ3) is 9.13. The molecule has 0 saturated heterocycles. The SMILES string of the molecule is CCCCCCCC[CH]([Nd])C(=O)O. The van der Waals surface area contributed by atoms with Crippen molar-refractivity contribution in [3.63, 3.8) is 0 Å². The summed E-state index contributed by atoms with van der Waals surface area (Å²) >= 11 is 0.794. The van der Waals surface area contributed by atoms with Crippen LogP contribution in [0.5, 0.6) is 0 Å². The van der Waals surface area contributed by atoms with E-state index in [1.165, 1.54) is 32.1 Å². The van der Waals surface area contributed by atoms with Crippen molar-refractivity contribution in [2.45, 2.75) is 53.4 Å². The molecule has 13 heavy (non-hydrogen) atoms. The van der Waals surface area contributed by atoms with Crippen molar-refractivity contribution in [2.24, 2.45) is 0 Å². The Bertz CT molecular complexity index is 137. The van der Waals surface area contributed by atoms with Crippen LogP contribution in [0.3, 0.4) is 0 Å². The first-order chi connectivity index (χ1) is 6.18. The van der Waals surface area contributed by atoms with Gasteiger partial charge in [-0.1, -0.05) is 0 Å². The fraction of sp³-hybridized carbons (Fsp3) is 0.900. The Balaban J connectivity index is 3.11. The summed E-state index contributed by atoms with van der Waals surface area (Å²) in [5, 5.41) is 8.66. The molecular weight excluding hydrogens is 296 g/mol. The van der Waals surface area contributed by atoms with Gasteiger partial charge in [-0.3, -0.25) is 0 Å². The fourth-order valence-corrected chi connectivity index (χ4v) is 1.91. The van der Waals surface area contributed by atoms with Gasteiger partial charge in [-0.05, 0) is 0 Å². The molecule has 75 valence electrons. The number of hydrogen-bond acceptors (Lipinski definition) is 1. The molecule has 1 N–H and O–H groups in total. The van der Waals surface area contributed by atoms with Crippen molar-refractivity contribution in [3.8, 4) is 0 Å². The Kier molecular flexibility index (Phi) is 9.97. The molecule has 0 spiro atoms. The molecule has 1 unspecified atom stereocenters. The summed E-state index contributed by atoms with van der Waals surface area (Å²) in [4.78, 5) is 10.5. The Morgan fingerprint density at radius 3 is 2.31 bits per heavy atom. The van der Waals surface area contributed by atoms with Crippen LogP contribution in [0.2, 0.25) is 1.57 Å². The molecule has 0 rings (SSSR count). The van der Waals surface area contributed by atoms with Gasteiger partial charge in [-0.2, -0.15) is 0 Å². The zero-order valence-electron chi connectivity index (χ0n) is 8.38. The van der Waals surface area contributed by atoms with Crippen molar-refractivity contribution < 1.29 is 48.7 Å². The van der Waals surface area contributed by atoms with Gasteiger partial charge in [0.05, 0.1) is 0 Å². The zero-order valence-corrected chi connectivity index (χ0v) is 11.6. The molecule has 0 heterocycles. The van der Waals surface area contributed by atoms with Crippen LogP contribution in [0.15, 0.2) is 0 Å². The summed E-state index contributed by atoms with van der Waals surface area (Å²) in [6, 6.07) is 0. The van der Waals surface area contributed by atoms with Crippen LogP contribution in [0.25, 0.3) is 0 Å². The standard InChI is InChI=1S/C10H19O2.Nd/c1-2-3-4-5-6-7-8-9-10(11)12;/h9H,2-8H2,1H3,(H,11,12);. The average molecular weight is 316 g/mol. The van der Waals surface area contributed by atoms with Crippen LogP contribution >= 0.6 is 0 Å². The summed E-state index contributed by atoms with van der Waals surface area (Å²) < 4.78 is -0.0221. The summed E-state index contributed by atoms with van der Waals surface area (Å²) in [6.07, 6.45) is 8.41. The number of aliphatic carboxylic acids is 1. The molecule has 0 fully saturated rings. The van der Waals surface area contributed by atoms with Gasteiger partial charge in [0.25, 0.3) is 0 Å². The van der Waals surface area contributed by atoms with Crippen molar-refractivity contribution >= 4 is 5.97 Å². The van der Waals surface area contributed by atoms with Gasteiger partial charge < -0.3 is 0 Å². The molecule has 0 aliphatic rings. The van der Waals surface area contributed by atoms with Gasteiger partial charge >= 0.3 is 108 Å². The van der Waals surface area contributed by atoms with Crippen molar-refractivity contribution in [1.29, 1.82) is 0 Å². The second-order valence-electron chi connectivity index (χ2n) is 3.45. The van der Waals surface area contributed by atoms with E-state index in [9.17, 15) is 4.79 Å². The number of hydrogen-bond donors (Lipinski definition) is 1. The van der Waals surface area contributed by atoms with Crippen LogP contribution in [0, 0.1) is 38.8 Å². The van der Waals surface area contributed by atoms with Crippen molar-refractivity contribution in [1.82, 2.24) is 0 Å². The third-order valence-corrected chi connectivity index (χ3v) is 3.86. The predicted molar refractivity (Wildman–Crippen MR) is 49.4 cm³/mol. The van der Waals surface area contributed by atoms with Gasteiger partial charge in [-0.25, -0.2) is 0 Å². The van der Waals surface area contributed by atoms with E-state index in [2.05, 4.69) is 6.92 Å². The monoisotopic (exact) mass is 313 g/mol. The van der Waals surface area contributed by atoms with E-state index in [0.29, 0.717) is 0 Å². The summed E-state index contributed by atoms with van der Waals surface area (Å²) in [5.74, 6) is -0.597. The minimum atomic E-state index is -0.597. The third-order valence-electron chi connectivity index (χ3n) is 2.14. The summed E-state index contributed by atoms with van der Waals surface area (Å²) in [6.45, 7) is 2.21. The molecule has 0 amide bonds. The average Bonchev–Trinajstić information content (AvgIpc) is 2.10. The number of carbonyl (C=O) groups is 1. The molecule has 0 aromatic carbocycles. The second-order valence-corrected chi connectivity index (χ2v) is 5.68. The van der Waals surface area contributed by atoms with Crippen LogP contribution in [-0.2, 0) is 4.79 Å². The topological polar surface area (TPSA) is 37.3 Å². The number of rotatable bonds is 8. The van der Waals surface area contributed by atoms with E-state index in [4.69, 9.17) is 5.11 Å². The molecule has 3 heteroatoms. The number of unbranched alkanes of at least 4 members (excludes halogenated alkanes) is 5. The molecule has 2 nitrogen and oxygen atoms in total. The predicted octanol–water partition coefficient (Wildman–Crippen LogP) is 3.16. The summed E-state index contributed by atoms with van der Waals surface area (Å²) in [5.41, 5.74) is 0. The van der Waals surface area contributed by atoms with Gasteiger partial charge in [-0.15, -0.1) is 0 Å². The van der Waals surface area contributed by atoms with Crippen LogP contribution < -0.4 is 0 Å². The Morgan fingerprint density at radius 1 is 1.23 bits per heavy atom. The van der Waals surface area contributed by atoms with Crippen molar-refractivity contribution in [2.75, 3.05) is 0 Å². The Labute approximate surface area is 107 Å². The first-order valence-electron chi connectivity index (χ1n) is 5.12. The molecule has 0 aliphatic carbocycles. The first-order valence-corrected chi connectivity index (χ1v) is 6.97. The Morgan fingerprint density at radius 2 is 1.77 bits per heavy atom. The fourth-order valence-electron chi connectivity index (χ4n) is 1.25. The molecule has 0 radical (unpaired) electrons. The quantitative estimate of drug-likeness (QED) is 0.699. The molecule has 0 aromatic heterocycles. The number of carboxylic acid groups (broad SMARTS) is 1. The Hall–Kier alpha value is 0.821. The minimum absolute atomic E-state index is 0.0221. The molecule has 1 atom stereocenters. The molecule has 0 aliphatic heterocycles. The van der Waals surface area contributed by atoms with E-state index in [0.717, 1.165) is 51.6 Å². The zero-order chi connectivity index (χ0) is 10.1. The van der Waals surface area contributed by atoms with Gasteiger partial charge in [0.15, 0.2) is 0 Å². The van der Waals surface area contributed by atoms with E-state index in [1.54, 1.807) is 0 Å². The van der Waals surface area contributed by atoms with Crippen LogP contribution in [0.1, 0.15) is 51.9 Å². The van der Waals surface area contributed by atoms with Crippen LogP contribution in [0.4, 0.5) is 0 Å². The van der Waals surface area contributed by atoms with Gasteiger partial charge in [0, 0.05) is 0 Å². The normalized spacial score (nSPS) is 12.6. The molecular formula is C10H19NdO2. The van der Waals surface area contributed by atoms with Crippen molar-refractivity contribution in [3.05, 3.63) is 0 Å². The maximum absolute atomic E-state index is 10.5. The molecule has 0 aromatic rings. The van der Waals surface area contributed by atoms with E-state index in [1.807, 2.05) is 0 Å². The maximum atomic E-state index is 10.5. The van der Waals surface area contributed by atoms with Gasteiger partial charge in [0.1, 0.15) is 0 Å². The van der Waals surface area contributed by atoms with Crippen LogP contribution in [-0.4, -0.2) is 11.1 Å². The van der Waals surface area contributed by atoms with E-state index < -0.39 is 5.97 Å². The first kappa shape index (κ1) is 13.8. The molecule has 0 saturated carbocycles. The van der Waals surface area contributed by atoms with E-state index >= 15 is 0 Å². The van der Waals surface area contributed by atoms with Gasteiger partial charge in [0.2, 0.25) is 0 Å². The number of carboxylic acids is 1. The van der Waals surface area contributed by atoms with E-state index in [-0.39, 0.29) is 1.57 Å². The molecule has 0 bridgehead atoms. The second kappa shape index (κ2) is 9.38.